The first-order valence-corrected chi connectivity index (χ1v) is 7.77. The van der Waals surface area contributed by atoms with Crippen LogP contribution in [0.25, 0.3) is 11.2 Å². The van der Waals surface area contributed by atoms with E-state index in [9.17, 15) is 0 Å². The van der Waals surface area contributed by atoms with Crippen LogP contribution in [0.15, 0.2) is 16.7 Å². The molecule has 0 aromatic carbocycles. The average molecular weight is 323 g/mol. The molecule has 0 bridgehead atoms. The van der Waals surface area contributed by atoms with Gasteiger partial charge in [0.2, 0.25) is 5.95 Å². The molecule has 2 aromatic heterocycles. The van der Waals surface area contributed by atoms with E-state index >= 15 is 0 Å². The van der Waals surface area contributed by atoms with Crippen molar-refractivity contribution in [3.8, 4) is 0 Å². The highest BCUT2D eigenvalue weighted by Gasteiger charge is 2.25. The van der Waals surface area contributed by atoms with E-state index < -0.39 is 0 Å². The lowest BCUT2D eigenvalue weighted by molar-refractivity contribution is 0.266. The number of nitrogens with two attached hydrogens (primary N) is 1. The Morgan fingerprint density at radius 1 is 1.47 bits per heavy atom. The first-order valence-electron chi connectivity index (χ1n) is 6.98. The molecule has 2 heterocycles. The Balaban J connectivity index is 2.02. The lowest BCUT2D eigenvalue weighted by atomic mass is 9.84. The van der Waals surface area contributed by atoms with Crippen molar-refractivity contribution in [2.75, 3.05) is 5.73 Å². The minimum absolute atomic E-state index is 0.456. The van der Waals surface area contributed by atoms with E-state index in [1.54, 1.807) is 0 Å². The predicted molar refractivity (Wildman–Crippen MR) is 80.9 cm³/mol. The highest BCUT2D eigenvalue weighted by Crippen LogP contribution is 2.37. The third kappa shape index (κ3) is 2.36. The number of nitrogens with zero attached hydrogens (tertiary/aromatic N) is 3. The molecule has 0 aliphatic heterocycles. The first-order chi connectivity index (χ1) is 9.19. The Morgan fingerprint density at radius 2 is 2.32 bits per heavy atom. The van der Waals surface area contributed by atoms with Crippen LogP contribution in [0.2, 0.25) is 0 Å². The Bertz CT molecular complexity index is 592. The summed E-state index contributed by atoms with van der Waals surface area (Å²) in [6.45, 7) is 2.28. The van der Waals surface area contributed by atoms with E-state index in [2.05, 4.69) is 37.4 Å². The van der Waals surface area contributed by atoms with E-state index in [-0.39, 0.29) is 0 Å². The molecule has 1 fully saturated rings. The molecule has 0 spiro atoms. The molecule has 2 N–H and O–H groups in total. The van der Waals surface area contributed by atoms with Gasteiger partial charge in [-0.3, -0.25) is 4.57 Å². The molecular weight excluding hydrogens is 304 g/mol. The SMILES string of the molecule is CCC1CCCC(n2c(N)nc3cc(Br)cnc32)C1. The summed E-state index contributed by atoms with van der Waals surface area (Å²) < 4.78 is 3.09. The van der Waals surface area contributed by atoms with Gasteiger partial charge in [0, 0.05) is 16.7 Å². The standard InChI is InChI=1S/C14H19BrN4/c1-2-9-4-3-5-11(6-9)19-13-12(18-14(19)16)7-10(15)8-17-13/h7-9,11H,2-6H2,1H3,(H2,16,18). The summed E-state index contributed by atoms with van der Waals surface area (Å²) in [5.41, 5.74) is 7.92. The molecule has 2 unspecified atom stereocenters. The minimum atomic E-state index is 0.456. The summed E-state index contributed by atoms with van der Waals surface area (Å²) in [7, 11) is 0. The average Bonchev–Trinajstić information content (AvgIpc) is 2.73. The van der Waals surface area contributed by atoms with E-state index in [0.29, 0.717) is 12.0 Å². The van der Waals surface area contributed by atoms with Crippen molar-refractivity contribution in [3.05, 3.63) is 16.7 Å². The van der Waals surface area contributed by atoms with Crippen molar-refractivity contribution < 1.29 is 0 Å². The maximum absolute atomic E-state index is 6.12. The van der Waals surface area contributed by atoms with Crippen LogP contribution < -0.4 is 5.73 Å². The Hall–Kier alpha value is -1.10. The van der Waals surface area contributed by atoms with Crippen LogP contribution in [0, 0.1) is 5.92 Å². The summed E-state index contributed by atoms with van der Waals surface area (Å²) in [5, 5.41) is 0. The van der Waals surface area contributed by atoms with Crippen molar-refractivity contribution >= 4 is 33.0 Å². The molecule has 0 saturated heterocycles. The molecule has 1 aliphatic carbocycles. The second kappa shape index (κ2) is 5.12. The molecule has 19 heavy (non-hydrogen) atoms. The Morgan fingerprint density at radius 3 is 3.11 bits per heavy atom. The maximum atomic E-state index is 6.12. The number of nitrogen functional groups attached to an aromatic ring is 1. The van der Waals surface area contributed by atoms with Crippen LogP contribution in [0.4, 0.5) is 5.95 Å². The number of hydrogen-bond donors (Lipinski definition) is 1. The Labute approximate surface area is 121 Å². The molecule has 4 nitrogen and oxygen atoms in total. The zero-order valence-corrected chi connectivity index (χ0v) is 12.7. The van der Waals surface area contributed by atoms with Crippen LogP contribution in [0.5, 0.6) is 0 Å². The number of imidazole rings is 1. The fraction of sp³-hybridized carbons (Fsp3) is 0.571. The number of anilines is 1. The molecule has 1 saturated carbocycles. The highest BCUT2D eigenvalue weighted by molar-refractivity contribution is 9.10. The second-order valence-electron chi connectivity index (χ2n) is 5.43. The third-order valence-electron chi connectivity index (χ3n) is 4.22. The third-order valence-corrected chi connectivity index (χ3v) is 4.66. The van der Waals surface area contributed by atoms with E-state index in [4.69, 9.17) is 5.73 Å². The van der Waals surface area contributed by atoms with Gasteiger partial charge >= 0.3 is 0 Å². The zero-order valence-electron chi connectivity index (χ0n) is 11.1. The van der Waals surface area contributed by atoms with Gasteiger partial charge in [0.1, 0.15) is 5.52 Å². The number of pyridine rings is 1. The predicted octanol–water partition coefficient (Wildman–Crippen LogP) is 3.92. The molecule has 0 radical (unpaired) electrons. The van der Waals surface area contributed by atoms with Crippen LogP contribution in [0.3, 0.4) is 0 Å². The van der Waals surface area contributed by atoms with Gasteiger partial charge in [-0.05, 0) is 40.8 Å². The molecule has 3 rings (SSSR count). The molecule has 0 amide bonds. The van der Waals surface area contributed by atoms with E-state index in [1.165, 1.54) is 32.1 Å². The molecule has 1 aliphatic rings. The number of fused-ring (bicyclic) bond motifs is 1. The largest absolute Gasteiger partial charge is 0.369 e. The fourth-order valence-corrected chi connectivity index (χ4v) is 3.52. The number of rotatable bonds is 2. The zero-order chi connectivity index (χ0) is 13.4. The number of aromatic nitrogens is 3. The van der Waals surface area contributed by atoms with Crippen LogP contribution >= 0.6 is 15.9 Å². The van der Waals surface area contributed by atoms with Gasteiger partial charge < -0.3 is 5.73 Å². The van der Waals surface area contributed by atoms with Crippen LogP contribution in [-0.4, -0.2) is 14.5 Å². The van der Waals surface area contributed by atoms with Gasteiger partial charge in [0.05, 0.1) is 0 Å². The molecular formula is C14H19BrN4. The lowest BCUT2D eigenvalue weighted by Crippen LogP contribution is -2.20. The lowest BCUT2D eigenvalue weighted by Gasteiger charge is -2.30. The number of hydrogen-bond acceptors (Lipinski definition) is 3. The highest BCUT2D eigenvalue weighted by atomic mass is 79.9. The van der Waals surface area contributed by atoms with Crippen molar-refractivity contribution in [2.24, 2.45) is 5.92 Å². The molecule has 102 valence electrons. The smallest absolute Gasteiger partial charge is 0.202 e. The maximum Gasteiger partial charge on any atom is 0.202 e. The minimum Gasteiger partial charge on any atom is -0.369 e. The van der Waals surface area contributed by atoms with Crippen LogP contribution in [0.1, 0.15) is 45.1 Å². The summed E-state index contributed by atoms with van der Waals surface area (Å²) in [6, 6.07) is 2.44. The van der Waals surface area contributed by atoms with Gasteiger partial charge in [-0.25, -0.2) is 9.97 Å². The van der Waals surface area contributed by atoms with Crippen molar-refractivity contribution in [2.45, 2.75) is 45.1 Å². The van der Waals surface area contributed by atoms with Gasteiger partial charge in [0.15, 0.2) is 5.65 Å². The fourth-order valence-electron chi connectivity index (χ4n) is 3.20. The summed E-state index contributed by atoms with van der Waals surface area (Å²) in [5.74, 6) is 1.41. The van der Waals surface area contributed by atoms with Gasteiger partial charge in [-0.15, -0.1) is 0 Å². The first kappa shape index (κ1) is 12.9. The quantitative estimate of drug-likeness (QED) is 0.911. The van der Waals surface area contributed by atoms with Crippen LogP contribution in [-0.2, 0) is 0 Å². The van der Waals surface area contributed by atoms with Gasteiger partial charge in [-0.1, -0.05) is 26.2 Å². The Kier molecular flexibility index (Phi) is 3.48. The molecule has 2 aromatic rings. The second-order valence-corrected chi connectivity index (χ2v) is 6.35. The van der Waals surface area contributed by atoms with Crippen molar-refractivity contribution in [3.63, 3.8) is 0 Å². The molecule has 2 atom stereocenters. The summed E-state index contributed by atoms with van der Waals surface area (Å²) in [6.07, 6.45) is 8.08. The van der Waals surface area contributed by atoms with Crippen molar-refractivity contribution in [1.29, 1.82) is 0 Å². The summed E-state index contributed by atoms with van der Waals surface area (Å²) >= 11 is 3.43. The van der Waals surface area contributed by atoms with Crippen molar-refractivity contribution in [1.82, 2.24) is 14.5 Å². The monoisotopic (exact) mass is 322 g/mol. The summed E-state index contributed by atoms with van der Waals surface area (Å²) in [4.78, 5) is 8.95. The number of halogens is 1. The van der Waals surface area contributed by atoms with E-state index in [1.807, 2.05) is 12.3 Å². The molecule has 5 heteroatoms. The van der Waals surface area contributed by atoms with Gasteiger partial charge in [0.25, 0.3) is 0 Å². The topological polar surface area (TPSA) is 56.7 Å². The van der Waals surface area contributed by atoms with E-state index in [0.717, 1.165) is 21.6 Å². The normalized spacial score (nSPS) is 23.9. The van der Waals surface area contributed by atoms with Gasteiger partial charge in [-0.2, -0.15) is 0 Å².